The Kier molecular flexibility index (Phi) is 4.49. The minimum absolute atomic E-state index is 0.168. The Bertz CT molecular complexity index is 545. The molecule has 0 fully saturated rings. The van der Waals surface area contributed by atoms with E-state index in [2.05, 4.69) is 10.6 Å². The number of ether oxygens (including phenoxy) is 2. The number of hydrogen-bond acceptors (Lipinski definition) is 5. The standard InChI is InChI=1S/C13H16N2O6/c1-7(16)11(12(17)18)15-13(19)14-5-8-2-3-9-10(4-8)21-6-20-9/h2-4,7,11,16H,5-6H2,1H3,(H,17,18)(H2,14,15,19). The average molecular weight is 296 g/mol. The van der Waals surface area contributed by atoms with Gasteiger partial charge in [0.1, 0.15) is 0 Å². The van der Waals surface area contributed by atoms with Crippen LogP contribution in [0, 0.1) is 0 Å². The molecule has 4 N–H and O–H groups in total. The second-order valence-corrected chi connectivity index (χ2v) is 4.57. The van der Waals surface area contributed by atoms with E-state index in [-0.39, 0.29) is 13.3 Å². The van der Waals surface area contributed by atoms with Gasteiger partial charge in [-0.3, -0.25) is 0 Å². The minimum atomic E-state index is -1.36. The Hall–Kier alpha value is -2.48. The molecule has 1 heterocycles. The summed E-state index contributed by atoms with van der Waals surface area (Å²) in [5.74, 6) is -0.0615. The van der Waals surface area contributed by atoms with Crippen LogP contribution in [0.2, 0.25) is 0 Å². The molecule has 2 unspecified atom stereocenters. The summed E-state index contributed by atoms with van der Waals surface area (Å²) in [6, 6.07) is 3.18. The second-order valence-electron chi connectivity index (χ2n) is 4.57. The predicted molar refractivity (Wildman–Crippen MR) is 71.0 cm³/mol. The molecular formula is C13H16N2O6. The van der Waals surface area contributed by atoms with Gasteiger partial charge in [0.05, 0.1) is 6.10 Å². The number of aliphatic hydroxyl groups is 1. The van der Waals surface area contributed by atoms with E-state index >= 15 is 0 Å². The smallest absolute Gasteiger partial charge is 0.328 e. The highest BCUT2D eigenvalue weighted by Gasteiger charge is 2.24. The normalized spacial score (nSPS) is 15.1. The fourth-order valence-corrected chi connectivity index (χ4v) is 1.81. The van der Waals surface area contributed by atoms with Crippen molar-refractivity contribution in [2.24, 2.45) is 0 Å². The number of aliphatic hydroxyl groups excluding tert-OH is 1. The maximum Gasteiger partial charge on any atom is 0.328 e. The fourth-order valence-electron chi connectivity index (χ4n) is 1.81. The van der Waals surface area contributed by atoms with Gasteiger partial charge in [0.25, 0.3) is 0 Å². The van der Waals surface area contributed by atoms with Gasteiger partial charge in [0.2, 0.25) is 6.79 Å². The number of hydrogen-bond donors (Lipinski definition) is 4. The van der Waals surface area contributed by atoms with Crippen LogP contribution >= 0.6 is 0 Å². The number of carbonyl (C=O) groups is 2. The lowest BCUT2D eigenvalue weighted by Gasteiger charge is -2.17. The van der Waals surface area contributed by atoms with Crippen molar-refractivity contribution >= 4 is 12.0 Å². The van der Waals surface area contributed by atoms with Gasteiger partial charge in [-0.25, -0.2) is 9.59 Å². The van der Waals surface area contributed by atoms with E-state index in [1.807, 2.05) is 0 Å². The number of benzene rings is 1. The molecule has 2 atom stereocenters. The monoisotopic (exact) mass is 296 g/mol. The van der Waals surface area contributed by atoms with Crippen molar-refractivity contribution in [1.82, 2.24) is 10.6 Å². The number of rotatable bonds is 5. The SMILES string of the molecule is CC(O)C(NC(=O)NCc1ccc2c(c1)OCO2)C(=O)O. The first kappa shape index (κ1) is 14.9. The van der Waals surface area contributed by atoms with E-state index in [1.54, 1.807) is 18.2 Å². The summed E-state index contributed by atoms with van der Waals surface area (Å²) < 4.78 is 10.4. The first-order chi connectivity index (χ1) is 9.97. The number of aliphatic carboxylic acids is 1. The number of carboxylic acid groups (broad SMARTS) is 1. The van der Waals surface area contributed by atoms with E-state index in [1.165, 1.54) is 6.92 Å². The largest absolute Gasteiger partial charge is 0.480 e. The van der Waals surface area contributed by atoms with Crippen molar-refractivity contribution in [2.75, 3.05) is 6.79 Å². The highest BCUT2D eigenvalue weighted by atomic mass is 16.7. The molecule has 1 aliphatic rings. The van der Waals surface area contributed by atoms with Crippen LogP contribution in [0.5, 0.6) is 11.5 Å². The van der Waals surface area contributed by atoms with Gasteiger partial charge < -0.3 is 30.3 Å². The maximum absolute atomic E-state index is 11.6. The molecule has 1 aliphatic heterocycles. The minimum Gasteiger partial charge on any atom is -0.480 e. The van der Waals surface area contributed by atoms with E-state index in [4.69, 9.17) is 14.6 Å². The van der Waals surface area contributed by atoms with Crippen molar-refractivity contribution in [3.05, 3.63) is 23.8 Å². The highest BCUT2D eigenvalue weighted by molar-refractivity contribution is 5.82. The summed E-state index contributed by atoms with van der Waals surface area (Å²) in [6.45, 7) is 1.65. The number of carboxylic acids is 1. The summed E-state index contributed by atoms with van der Waals surface area (Å²) in [6.07, 6.45) is -1.20. The molecule has 0 saturated carbocycles. The zero-order valence-electron chi connectivity index (χ0n) is 11.3. The van der Waals surface area contributed by atoms with Crippen LogP contribution in [0.15, 0.2) is 18.2 Å². The molecule has 2 rings (SSSR count). The van der Waals surface area contributed by atoms with Crippen molar-refractivity contribution in [3.8, 4) is 11.5 Å². The van der Waals surface area contributed by atoms with E-state index < -0.39 is 24.1 Å². The Balaban J connectivity index is 1.88. The Labute approximate surface area is 120 Å². The second kappa shape index (κ2) is 6.31. The van der Waals surface area contributed by atoms with Crippen molar-refractivity contribution in [2.45, 2.75) is 25.6 Å². The Morgan fingerprint density at radius 1 is 1.33 bits per heavy atom. The first-order valence-electron chi connectivity index (χ1n) is 6.31. The molecule has 1 aromatic rings. The number of nitrogens with one attached hydrogen (secondary N) is 2. The fraction of sp³-hybridized carbons (Fsp3) is 0.385. The van der Waals surface area contributed by atoms with Crippen LogP contribution < -0.4 is 20.1 Å². The molecule has 1 aromatic carbocycles. The molecule has 0 aromatic heterocycles. The third-order valence-corrected chi connectivity index (χ3v) is 2.93. The van der Waals surface area contributed by atoms with Gasteiger partial charge in [0.15, 0.2) is 17.5 Å². The van der Waals surface area contributed by atoms with Gasteiger partial charge in [0, 0.05) is 6.54 Å². The quantitative estimate of drug-likeness (QED) is 0.610. The van der Waals surface area contributed by atoms with Crippen LogP contribution in [0.3, 0.4) is 0 Å². The van der Waals surface area contributed by atoms with Crippen molar-refractivity contribution in [1.29, 1.82) is 0 Å². The highest BCUT2D eigenvalue weighted by Crippen LogP contribution is 2.32. The molecule has 8 nitrogen and oxygen atoms in total. The zero-order valence-corrected chi connectivity index (χ0v) is 11.3. The van der Waals surface area contributed by atoms with E-state index in [0.717, 1.165) is 5.56 Å². The van der Waals surface area contributed by atoms with Gasteiger partial charge in [-0.05, 0) is 24.6 Å². The Morgan fingerprint density at radius 2 is 2.05 bits per heavy atom. The molecule has 114 valence electrons. The van der Waals surface area contributed by atoms with Gasteiger partial charge in [-0.1, -0.05) is 6.07 Å². The van der Waals surface area contributed by atoms with Crippen LogP contribution in [0.4, 0.5) is 4.79 Å². The lowest BCUT2D eigenvalue weighted by Crippen LogP contribution is -2.50. The molecule has 0 spiro atoms. The zero-order chi connectivity index (χ0) is 15.4. The third-order valence-electron chi connectivity index (χ3n) is 2.93. The average Bonchev–Trinajstić information content (AvgIpc) is 2.89. The van der Waals surface area contributed by atoms with Crippen LogP contribution in [-0.4, -0.2) is 41.2 Å². The Morgan fingerprint density at radius 3 is 2.71 bits per heavy atom. The van der Waals surface area contributed by atoms with Crippen molar-refractivity contribution < 1.29 is 29.3 Å². The third kappa shape index (κ3) is 3.76. The summed E-state index contributed by atoms with van der Waals surface area (Å²) in [4.78, 5) is 22.5. The molecule has 2 amide bonds. The van der Waals surface area contributed by atoms with Gasteiger partial charge in [-0.2, -0.15) is 0 Å². The lowest BCUT2D eigenvalue weighted by molar-refractivity contribution is -0.141. The number of urea groups is 1. The molecule has 0 saturated heterocycles. The molecular weight excluding hydrogens is 280 g/mol. The summed E-state index contributed by atoms with van der Waals surface area (Å²) in [5, 5.41) is 22.8. The van der Waals surface area contributed by atoms with E-state index in [9.17, 15) is 14.7 Å². The number of fused-ring (bicyclic) bond motifs is 1. The van der Waals surface area contributed by atoms with Gasteiger partial charge >= 0.3 is 12.0 Å². The van der Waals surface area contributed by atoms with Crippen LogP contribution in [0.1, 0.15) is 12.5 Å². The molecule has 8 heteroatoms. The maximum atomic E-state index is 11.6. The summed E-state index contributed by atoms with van der Waals surface area (Å²) in [5.41, 5.74) is 0.776. The number of carbonyl (C=O) groups excluding carboxylic acids is 1. The lowest BCUT2D eigenvalue weighted by atomic mass is 10.2. The molecule has 21 heavy (non-hydrogen) atoms. The molecule has 0 radical (unpaired) electrons. The molecule has 0 bridgehead atoms. The summed E-state index contributed by atoms with van der Waals surface area (Å²) >= 11 is 0. The number of amides is 2. The van der Waals surface area contributed by atoms with Crippen LogP contribution in [0.25, 0.3) is 0 Å². The van der Waals surface area contributed by atoms with Crippen LogP contribution in [-0.2, 0) is 11.3 Å². The van der Waals surface area contributed by atoms with E-state index in [0.29, 0.717) is 11.5 Å². The topological polar surface area (TPSA) is 117 Å². The predicted octanol–water partition coefficient (Wildman–Crippen LogP) is 0.0485. The molecule has 0 aliphatic carbocycles. The summed E-state index contributed by atoms with van der Waals surface area (Å²) in [7, 11) is 0. The van der Waals surface area contributed by atoms with Gasteiger partial charge in [-0.15, -0.1) is 0 Å². The first-order valence-corrected chi connectivity index (χ1v) is 6.31. The van der Waals surface area contributed by atoms with Crippen molar-refractivity contribution in [3.63, 3.8) is 0 Å².